The van der Waals surface area contributed by atoms with Gasteiger partial charge in [-0.15, -0.1) is 11.3 Å². The van der Waals surface area contributed by atoms with Gasteiger partial charge in [0.25, 0.3) is 0 Å². The summed E-state index contributed by atoms with van der Waals surface area (Å²) < 4.78 is 1.16. The number of aliphatic hydroxyl groups excluding tert-OH is 1. The molecule has 0 amide bonds. The molecule has 0 spiro atoms. The van der Waals surface area contributed by atoms with Crippen molar-refractivity contribution in [1.82, 2.24) is 5.32 Å². The Bertz CT molecular complexity index is 275. The van der Waals surface area contributed by atoms with Gasteiger partial charge in [-0.05, 0) is 54.9 Å². The summed E-state index contributed by atoms with van der Waals surface area (Å²) in [4.78, 5) is 1.32. The summed E-state index contributed by atoms with van der Waals surface area (Å²) in [6.45, 7) is 4.81. The number of hydrogen-bond donors (Lipinski definition) is 2. The van der Waals surface area contributed by atoms with E-state index in [1.807, 2.05) is 6.92 Å². The number of thiophene rings is 1. The maximum absolute atomic E-state index is 9.10. The highest BCUT2D eigenvalue weighted by Gasteiger charge is 2.07. The van der Waals surface area contributed by atoms with Gasteiger partial charge in [0, 0.05) is 10.9 Å². The van der Waals surface area contributed by atoms with Gasteiger partial charge in [0.15, 0.2) is 0 Å². The molecule has 1 aromatic rings. The molecular weight excluding hydrogens is 262 g/mol. The largest absolute Gasteiger partial charge is 0.393 e. The minimum Gasteiger partial charge on any atom is -0.393 e. The highest BCUT2D eigenvalue weighted by molar-refractivity contribution is 9.11. The first-order valence-corrected chi connectivity index (χ1v) is 6.37. The first kappa shape index (κ1) is 12.2. The predicted octanol–water partition coefficient (Wildman–Crippen LogP) is 2.93. The molecule has 0 radical (unpaired) electrons. The van der Waals surface area contributed by atoms with E-state index in [1.54, 1.807) is 11.3 Å². The smallest absolute Gasteiger partial charge is 0.0701 e. The van der Waals surface area contributed by atoms with Crippen molar-refractivity contribution in [3.63, 3.8) is 0 Å². The SMILES string of the molecule is C[C@@H](O)CCN[C@H](C)c1ccc(Br)s1. The van der Waals surface area contributed by atoms with Gasteiger partial charge in [-0.3, -0.25) is 0 Å². The van der Waals surface area contributed by atoms with Gasteiger partial charge in [0.05, 0.1) is 9.89 Å². The number of aliphatic hydroxyl groups is 1. The molecule has 0 aliphatic rings. The van der Waals surface area contributed by atoms with E-state index in [9.17, 15) is 0 Å². The van der Waals surface area contributed by atoms with Crippen molar-refractivity contribution >= 4 is 27.3 Å². The molecule has 0 unspecified atom stereocenters. The molecule has 4 heteroatoms. The Kier molecular flexibility index (Phi) is 5.09. The highest BCUT2D eigenvalue weighted by Crippen LogP contribution is 2.26. The zero-order chi connectivity index (χ0) is 10.6. The molecule has 1 heterocycles. The zero-order valence-electron chi connectivity index (χ0n) is 8.46. The van der Waals surface area contributed by atoms with E-state index in [0.717, 1.165) is 16.8 Å². The Morgan fingerprint density at radius 3 is 2.71 bits per heavy atom. The minimum absolute atomic E-state index is 0.218. The van der Waals surface area contributed by atoms with Crippen LogP contribution in [0.15, 0.2) is 15.9 Å². The normalized spacial score (nSPS) is 15.4. The Morgan fingerprint density at radius 2 is 2.21 bits per heavy atom. The molecule has 80 valence electrons. The highest BCUT2D eigenvalue weighted by atomic mass is 79.9. The van der Waals surface area contributed by atoms with Crippen molar-refractivity contribution in [1.29, 1.82) is 0 Å². The van der Waals surface area contributed by atoms with E-state index in [1.165, 1.54) is 4.88 Å². The minimum atomic E-state index is -0.218. The predicted molar refractivity (Wildman–Crippen MR) is 64.7 cm³/mol. The van der Waals surface area contributed by atoms with Gasteiger partial charge in [0.1, 0.15) is 0 Å². The fourth-order valence-corrected chi connectivity index (χ4v) is 2.62. The first-order chi connectivity index (χ1) is 6.59. The van der Waals surface area contributed by atoms with Crippen molar-refractivity contribution in [2.24, 2.45) is 0 Å². The number of rotatable bonds is 5. The van der Waals surface area contributed by atoms with Gasteiger partial charge in [-0.2, -0.15) is 0 Å². The summed E-state index contributed by atoms with van der Waals surface area (Å²) >= 11 is 5.19. The van der Waals surface area contributed by atoms with Gasteiger partial charge in [-0.25, -0.2) is 0 Å². The molecule has 0 aliphatic heterocycles. The lowest BCUT2D eigenvalue weighted by Crippen LogP contribution is -2.21. The second-order valence-corrected chi connectivity index (χ2v) is 5.95. The van der Waals surface area contributed by atoms with E-state index in [2.05, 4.69) is 40.3 Å². The van der Waals surface area contributed by atoms with Crippen LogP contribution in [0.5, 0.6) is 0 Å². The molecule has 2 N–H and O–H groups in total. The third-order valence-corrected chi connectivity index (χ3v) is 3.84. The molecule has 0 aromatic carbocycles. The molecule has 1 aromatic heterocycles. The van der Waals surface area contributed by atoms with Crippen molar-refractivity contribution in [3.05, 3.63) is 20.8 Å². The van der Waals surface area contributed by atoms with E-state index in [0.29, 0.717) is 6.04 Å². The van der Waals surface area contributed by atoms with Crippen LogP contribution in [-0.2, 0) is 0 Å². The Hall–Kier alpha value is 0.1000. The molecule has 0 aliphatic carbocycles. The molecule has 2 nitrogen and oxygen atoms in total. The number of halogens is 1. The summed E-state index contributed by atoms with van der Waals surface area (Å²) in [5, 5.41) is 12.5. The van der Waals surface area contributed by atoms with E-state index in [4.69, 9.17) is 5.11 Å². The summed E-state index contributed by atoms with van der Waals surface area (Å²) in [6, 6.07) is 4.55. The van der Waals surface area contributed by atoms with Crippen LogP contribution >= 0.6 is 27.3 Å². The summed E-state index contributed by atoms with van der Waals surface area (Å²) in [7, 11) is 0. The summed E-state index contributed by atoms with van der Waals surface area (Å²) in [5.74, 6) is 0. The van der Waals surface area contributed by atoms with Gasteiger partial charge < -0.3 is 10.4 Å². The quantitative estimate of drug-likeness (QED) is 0.868. The van der Waals surface area contributed by atoms with E-state index >= 15 is 0 Å². The fraction of sp³-hybridized carbons (Fsp3) is 0.600. The Balaban J connectivity index is 2.32. The zero-order valence-corrected chi connectivity index (χ0v) is 10.9. The maximum Gasteiger partial charge on any atom is 0.0701 e. The molecule has 14 heavy (non-hydrogen) atoms. The Morgan fingerprint density at radius 1 is 1.50 bits per heavy atom. The molecular formula is C10H16BrNOS. The lowest BCUT2D eigenvalue weighted by atomic mass is 10.2. The average Bonchev–Trinajstić information content (AvgIpc) is 2.51. The second kappa shape index (κ2) is 5.85. The van der Waals surface area contributed by atoms with Crippen LogP contribution in [0.2, 0.25) is 0 Å². The van der Waals surface area contributed by atoms with Gasteiger partial charge >= 0.3 is 0 Å². The molecule has 2 atom stereocenters. The molecule has 0 saturated heterocycles. The van der Waals surface area contributed by atoms with Crippen LogP contribution in [0, 0.1) is 0 Å². The first-order valence-electron chi connectivity index (χ1n) is 4.76. The number of nitrogens with one attached hydrogen (secondary N) is 1. The molecule has 0 fully saturated rings. The van der Waals surface area contributed by atoms with Crippen LogP contribution in [0.3, 0.4) is 0 Å². The fourth-order valence-electron chi connectivity index (χ4n) is 1.17. The van der Waals surface area contributed by atoms with Gasteiger partial charge in [-0.1, -0.05) is 0 Å². The van der Waals surface area contributed by atoms with Crippen LogP contribution in [0.1, 0.15) is 31.2 Å². The van der Waals surface area contributed by atoms with Crippen molar-refractivity contribution in [3.8, 4) is 0 Å². The average molecular weight is 278 g/mol. The third-order valence-electron chi connectivity index (χ3n) is 2.03. The second-order valence-electron chi connectivity index (χ2n) is 3.46. The standard InChI is InChI=1S/C10H16BrNOS/c1-7(13)5-6-12-8(2)9-3-4-10(11)14-9/h3-4,7-8,12-13H,5-6H2,1-2H3/t7-,8-/m1/s1. The van der Waals surface area contributed by atoms with Crippen molar-refractivity contribution in [2.75, 3.05) is 6.54 Å². The Labute approximate surface area is 97.5 Å². The van der Waals surface area contributed by atoms with Crippen LogP contribution in [0.25, 0.3) is 0 Å². The monoisotopic (exact) mass is 277 g/mol. The summed E-state index contributed by atoms with van der Waals surface area (Å²) in [5.41, 5.74) is 0. The maximum atomic E-state index is 9.10. The molecule has 0 bridgehead atoms. The molecule has 1 rings (SSSR count). The van der Waals surface area contributed by atoms with Crippen molar-refractivity contribution < 1.29 is 5.11 Å². The van der Waals surface area contributed by atoms with Crippen LogP contribution in [0.4, 0.5) is 0 Å². The number of hydrogen-bond acceptors (Lipinski definition) is 3. The lowest BCUT2D eigenvalue weighted by molar-refractivity contribution is 0.182. The topological polar surface area (TPSA) is 32.3 Å². The van der Waals surface area contributed by atoms with E-state index < -0.39 is 0 Å². The van der Waals surface area contributed by atoms with Gasteiger partial charge in [0.2, 0.25) is 0 Å². The lowest BCUT2D eigenvalue weighted by Gasteiger charge is -2.12. The molecule has 0 saturated carbocycles. The van der Waals surface area contributed by atoms with Crippen LogP contribution in [-0.4, -0.2) is 17.8 Å². The summed E-state index contributed by atoms with van der Waals surface area (Å²) in [6.07, 6.45) is 0.585. The van der Waals surface area contributed by atoms with Crippen molar-refractivity contribution in [2.45, 2.75) is 32.4 Å². The van der Waals surface area contributed by atoms with Crippen LogP contribution < -0.4 is 5.32 Å². The third kappa shape index (κ3) is 4.09. The van der Waals surface area contributed by atoms with E-state index in [-0.39, 0.29) is 6.10 Å².